The van der Waals surface area contributed by atoms with E-state index in [2.05, 4.69) is 15.3 Å². The summed E-state index contributed by atoms with van der Waals surface area (Å²) in [5.41, 5.74) is 0.204. The maximum absolute atomic E-state index is 12.7. The second-order valence-electron chi connectivity index (χ2n) is 4.53. The summed E-state index contributed by atoms with van der Waals surface area (Å²) in [6.07, 6.45) is 1.61. The Morgan fingerprint density at radius 1 is 1.23 bits per heavy atom. The van der Waals surface area contributed by atoms with E-state index in [4.69, 9.17) is 11.6 Å². The molecule has 4 rings (SSSR count). The highest BCUT2D eigenvalue weighted by molar-refractivity contribution is 7.91. The Balaban J connectivity index is 2.01. The van der Waals surface area contributed by atoms with E-state index in [1.807, 2.05) is 11.4 Å². The van der Waals surface area contributed by atoms with Gasteiger partial charge in [-0.25, -0.2) is 13.4 Å². The molecule has 0 saturated heterocycles. The first-order chi connectivity index (χ1) is 10.6. The van der Waals surface area contributed by atoms with E-state index in [1.54, 1.807) is 18.3 Å². The van der Waals surface area contributed by atoms with Gasteiger partial charge in [-0.1, -0.05) is 22.9 Å². The molecule has 0 bridgehead atoms. The molecule has 110 valence electrons. The van der Waals surface area contributed by atoms with Gasteiger partial charge >= 0.3 is 0 Å². The van der Waals surface area contributed by atoms with E-state index in [1.165, 1.54) is 28.0 Å². The van der Waals surface area contributed by atoms with Crippen LogP contribution >= 0.6 is 22.9 Å². The molecule has 0 radical (unpaired) electrons. The van der Waals surface area contributed by atoms with Crippen LogP contribution in [0.15, 0.2) is 51.8 Å². The SMILES string of the molecule is O=S(=O)(c1cccc(Cl)c1)c1nnn2c1ncc1ccsc12. The molecule has 4 aromatic rings. The first-order valence-electron chi connectivity index (χ1n) is 6.16. The molecule has 0 fully saturated rings. The highest BCUT2D eigenvalue weighted by atomic mass is 35.5. The molecular weight excluding hydrogens is 344 g/mol. The third-order valence-electron chi connectivity index (χ3n) is 3.17. The van der Waals surface area contributed by atoms with Gasteiger partial charge in [-0.2, -0.15) is 4.52 Å². The number of benzene rings is 1. The maximum atomic E-state index is 12.7. The van der Waals surface area contributed by atoms with Crippen molar-refractivity contribution in [3.05, 3.63) is 46.9 Å². The van der Waals surface area contributed by atoms with Gasteiger partial charge in [-0.15, -0.1) is 16.4 Å². The lowest BCUT2D eigenvalue weighted by molar-refractivity contribution is 0.592. The Bertz CT molecular complexity index is 1120. The third-order valence-corrected chi connectivity index (χ3v) is 5.96. The number of thiophene rings is 1. The zero-order valence-corrected chi connectivity index (χ0v) is 13.2. The molecule has 0 aliphatic carbocycles. The van der Waals surface area contributed by atoms with Gasteiger partial charge in [0.15, 0.2) is 5.65 Å². The first kappa shape index (κ1) is 13.6. The van der Waals surface area contributed by atoms with E-state index >= 15 is 0 Å². The standard InChI is InChI=1S/C13H7ClN4O2S2/c14-9-2-1-3-10(6-9)22(19,20)12-11-15-7-8-4-5-21-13(8)18(11)17-16-12/h1-7H. The Labute approximate surface area is 133 Å². The fourth-order valence-corrected chi connectivity index (χ4v) is 4.51. The van der Waals surface area contributed by atoms with E-state index in [0.29, 0.717) is 5.02 Å². The van der Waals surface area contributed by atoms with Crippen molar-refractivity contribution in [2.75, 3.05) is 0 Å². The van der Waals surface area contributed by atoms with Crippen molar-refractivity contribution >= 4 is 48.6 Å². The quantitative estimate of drug-likeness (QED) is 0.555. The number of rotatable bonds is 2. The highest BCUT2D eigenvalue weighted by Gasteiger charge is 2.26. The molecule has 0 spiro atoms. The van der Waals surface area contributed by atoms with Crippen LogP contribution in [0, 0.1) is 0 Å². The third kappa shape index (κ3) is 1.92. The highest BCUT2D eigenvalue weighted by Crippen LogP contribution is 2.27. The van der Waals surface area contributed by atoms with Crippen LogP contribution in [0.2, 0.25) is 5.02 Å². The van der Waals surface area contributed by atoms with Gasteiger partial charge < -0.3 is 0 Å². The summed E-state index contributed by atoms with van der Waals surface area (Å²) in [4.78, 5) is 5.05. The lowest BCUT2D eigenvalue weighted by Gasteiger charge is -2.01. The molecule has 6 nitrogen and oxygen atoms in total. The molecule has 0 atom stereocenters. The average Bonchev–Trinajstić information content (AvgIpc) is 3.13. The van der Waals surface area contributed by atoms with Crippen molar-refractivity contribution in [1.82, 2.24) is 19.8 Å². The summed E-state index contributed by atoms with van der Waals surface area (Å²) in [6, 6.07) is 7.92. The van der Waals surface area contributed by atoms with Crippen molar-refractivity contribution in [3.63, 3.8) is 0 Å². The van der Waals surface area contributed by atoms with Gasteiger partial charge in [0.25, 0.3) is 0 Å². The zero-order valence-electron chi connectivity index (χ0n) is 10.8. The van der Waals surface area contributed by atoms with Crippen LogP contribution in [-0.4, -0.2) is 28.2 Å². The number of halogens is 1. The van der Waals surface area contributed by atoms with Crippen molar-refractivity contribution in [3.8, 4) is 0 Å². The van der Waals surface area contributed by atoms with Gasteiger partial charge in [-0.3, -0.25) is 0 Å². The van der Waals surface area contributed by atoms with Crippen LogP contribution < -0.4 is 0 Å². The Kier molecular flexibility index (Phi) is 2.93. The number of fused-ring (bicyclic) bond motifs is 3. The zero-order chi connectivity index (χ0) is 15.3. The maximum Gasteiger partial charge on any atom is 0.229 e. The van der Waals surface area contributed by atoms with Gasteiger partial charge in [0.1, 0.15) is 4.83 Å². The van der Waals surface area contributed by atoms with Crippen molar-refractivity contribution in [2.24, 2.45) is 0 Å². The Morgan fingerprint density at radius 3 is 2.91 bits per heavy atom. The van der Waals surface area contributed by atoms with Gasteiger partial charge in [0.05, 0.1) is 4.90 Å². The summed E-state index contributed by atoms with van der Waals surface area (Å²) in [5.74, 6) is 0. The minimum Gasteiger partial charge on any atom is -0.234 e. The van der Waals surface area contributed by atoms with E-state index in [-0.39, 0.29) is 15.6 Å². The molecule has 3 aromatic heterocycles. The van der Waals surface area contributed by atoms with Gasteiger partial charge in [0, 0.05) is 16.6 Å². The molecule has 1 aromatic carbocycles. The molecule has 0 amide bonds. The van der Waals surface area contributed by atoms with Crippen LogP contribution in [-0.2, 0) is 9.84 Å². The molecular formula is C13H7ClN4O2S2. The van der Waals surface area contributed by atoms with Gasteiger partial charge in [-0.05, 0) is 29.6 Å². The molecule has 0 aliphatic rings. The molecule has 22 heavy (non-hydrogen) atoms. The van der Waals surface area contributed by atoms with Crippen LogP contribution in [0.5, 0.6) is 0 Å². The summed E-state index contributed by atoms with van der Waals surface area (Å²) < 4.78 is 26.9. The fourth-order valence-electron chi connectivity index (χ4n) is 2.14. The van der Waals surface area contributed by atoms with Crippen LogP contribution in [0.25, 0.3) is 15.9 Å². The largest absolute Gasteiger partial charge is 0.234 e. The van der Waals surface area contributed by atoms with Gasteiger partial charge in [0.2, 0.25) is 14.9 Å². The molecule has 0 aliphatic heterocycles. The molecule has 9 heteroatoms. The predicted molar refractivity (Wildman–Crippen MR) is 83.1 cm³/mol. The van der Waals surface area contributed by atoms with E-state index < -0.39 is 9.84 Å². The minimum atomic E-state index is -3.83. The smallest absolute Gasteiger partial charge is 0.229 e. The second kappa shape index (κ2) is 4.73. The molecule has 0 unspecified atom stereocenters. The fraction of sp³-hybridized carbons (Fsp3) is 0. The summed E-state index contributed by atoms with van der Waals surface area (Å²) >= 11 is 7.32. The van der Waals surface area contributed by atoms with E-state index in [9.17, 15) is 8.42 Å². The van der Waals surface area contributed by atoms with Crippen molar-refractivity contribution in [1.29, 1.82) is 0 Å². The molecule has 0 N–H and O–H groups in total. The minimum absolute atomic E-state index is 0.0653. The predicted octanol–water partition coefficient (Wildman–Crippen LogP) is 2.83. The molecule has 3 heterocycles. The number of hydrogen-bond acceptors (Lipinski definition) is 6. The van der Waals surface area contributed by atoms with E-state index in [0.717, 1.165) is 10.2 Å². The number of aromatic nitrogens is 4. The number of sulfone groups is 1. The summed E-state index contributed by atoms with van der Waals surface area (Å²) in [7, 11) is -3.83. The number of hydrogen-bond donors (Lipinski definition) is 0. The summed E-state index contributed by atoms with van der Waals surface area (Å²) in [5, 5.41) is 10.7. The Hall–Kier alpha value is -2.03. The monoisotopic (exact) mass is 350 g/mol. The first-order valence-corrected chi connectivity index (χ1v) is 8.90. The normalized spacial score (nSPS) is 12.2. The van der Waals surface area contributed by atoms with Crippen LogP contribution in [0.4, 0.5) is 0 Å². The average molecular weight is 351 g/mol. The van der Waals surface area contributed by atoms with Crippen LogP contribution in [0.3, 0.4) is 0 Å². The lowest BCUT2D eigenvalue weighted by atomic mass is 10.4. The topological polar surface area (TPSA) is 77.2 Å². The van der Waals surface area contributed by atoms with Crippen molar-refractivity contribution < 1.29 is 8.42 Å². The lowest BCUT2D eigenvalue weighted by Crippen LogP contribution is -2.04. The van der Waals surface area contributed by atoms with Crippen LogP contribution in [0.1, 0.15) is 0 Å². The van der Waals surface area contributed by atoms with Crippen molar-refractivity contribution in [2.45, 2.75) is 9.92 Å². The number of nitrogens with zero attached hydrogens (tertiary/aromatic N) is 4. The summed E-state index contributed by atoms with van der Waals surface area (Å²) in [6.45, 7) is 0. The Morgan fingerprint density at radius 2 is 2.09 bits per heavy atom. The molecule has 0 saturated carbocycles. The second-order valence-corrected chi connectivity index (χ2v) is 7.73.